The Bertz CT molecular complexity index is 288. The largest absolute Gasteiger partial charge is 0.377 e. The van der Waals surface area contributed by atoms with Gasteiger partial charge in [0.25, 0.3) is 0 Å². The molecule has 0 fully saturated rings. The molecule has 0 unspecified atom stereocenters. The van der Waals surface area contributed by atoms with Crippen LogP contribution in [0.1, 0.15) is 19.5 Å². The lowest BCUT2D eigenvalue weighted by atomic mass is 10.4. The van der Waals surface area contributed by atoms with E-state index in [1.54, 1.807) is 0 Å². The summed E-state index contributed by atoms with van der Waals surface area (Å²) in [7, 11) is 2.05. The molecule has 0 amide bonds. The molecule has 1 aromatic rings. The summed E-state index contributed by atoms with van der Waals surface area (Å²) in [6.07, 6.45) is 0.299. The third-order valence-corrected chi connectivity index (χ3v) is 2.65. The number of aromatic nitrogens is 1. The van der Waals surface area contributed by atoms with Gasteiger partial charge in [-0.2, -0.15) is 0 Å². The molecular weight excluding hydrogens is 210 g/mol. The molecule has 0 aliphatic carbocycles. The molecule has 5 heteroatoms. The van der Waals surface area contributed by atoms with Gasteiger partial charge >= 0.3 is 0 Å². The van der Waals surface area contributed by atoms with Gasteiger partial charge in [-0.3, -0.25) is 4.90 Å². The fourth-order valence-corrected chi connectivity index (χ4v) is 1.75. The molecule has 15 heavy (non-hydrogen) atoms. The number of ether oxygens (including phenoxy) is 1. The minimum Gasteiger partial charge on any atom is -0.377 e. The summed E-state index contributed by atoms with van der Waals surface area (Å²) in [5.41, 5.74) is 6.59. The van der Waals surface area contributed by atoms with Crippen LogP contribution in [0.2, 0.25) is 0 Å². The summed E-state index contributed by atoms with van der Waals surface area (Å²) in [5, 5.41) is 2.63. The Hall–Kier alpha value is -0.650. The number of thiazole rings is 1. The molecule has 4 nitrogen and oxygen atoms in total. The summed E-state index contributed by atoms with van der Waals surface area (Å²) in [6, 6.07) is 0. The van der Waals surface area contributed by atoms with Crippen LogP contribution in [0.25, 0.3) is 0 Å². The normalized spacial score (nSPS) is 11.5. The van der Waals surface area contributed by atoms with Crippen molar-refractivity contribution < 1.29 is 4.74 Å². The van der Waals surface area contributed by atoms with E-state index in [4.69, 9.17) is 10.5 Å². The molecule has 0 saturated carbocycles. The van der Waals surface area contributed by atoms with Gasteiger partial charge in [0.15, 0.2) is 5.13 Å². The molecule has 0 radical (unpaired) electrons. The highest BCUT2D eigenvalue weighted by atomic mass is 32.1. The monoisotopic (exact) mass is 229 g/mol. The first-order valence-corrected chi connectivity index (χ1v) is 5.96. The molecule has 2 N–H and O–H groups in total. The van der Waals surface area contributed by atoms with Gasteiger partial charge in [-0.15, -0.1) is 11.3 Å². The zero-order valence-electron chi connectivity index (χ0n) is 9.56. The average molecular weight is 229 g/mol. The summed E-state index contributed by atoms with van der Waals surface area (Å²) in [6.45, 7) is 6.58. The summed E-state index contributed by atoms with van der Waals surface area (Å²) in [5.74, 6) is 0. The van der Waals surface area contributed by atoms with Crippen LogP contribution >= 0.6 is 11.3 Å². The lowest BCUT2D eigenvalue weighted by Crippen LogP contribution is -2.24. The van der Waals surface area contributed by atoms with Crippen LogP contribution in [-0.2, 0) is 11.3 Å². The third-order valence-electron chi connectivity index (χ3n) is 1.93. The number of hydrogen-bond donors (Lipinski definition) is 1. The average Bonchev–Trinajstić information content (AvgIpc) is 2.50. The molecule has 1 rings (SSSR count). The second-order valence-corrected chi connectivity index (χ2v) is 4.72. The van der Waals surface area contributed by atoms with Crippen LogP contribution in [0.15, 0.2) is 5.38 Å². The van der Waals surface area contributed by atoms with Crippen LogP contribution in [0.5, 0.6) is 0 Å². The smallest absolute Gasteiger partial charge is 0.180 e. The molecule has 0 saturated heterocycles. The van der Waals surface area contributed by atoms with E-state index in [1.807, 2.05) is 19.2 Å². The molecule has 0 aromatic carbocycles. The number of rotatable bonds is 6. The second-order valence-electron chi connectivity index (χ2n) is 3.83. The van der Waals surface area contributed by atoms with Crippen LogP contribution in [0, 0.1) is 0 Å². The molecule has 0 spiro atoms. The topological polar surface area (TPSA) is 51.4 Å². The third kappa shape index (κ3) is 5.11. The number of hydrogen-bond acceptors (Lipinski definition) is 5. The maximum atomic E-state index is 5.56. The summed E-state index contributed by atoms with van der Waals surface area (Å²) < 4.78 is 5.47. The van der Waals surface area contributed by atoms with Gasteiger partial charge in [0.2, 0.25) is 0 Å². The number of nitrogen functional groups attached to an aromatic ring is 1. The molecular formula is C10H19N3OS. The van der Waals surface area contributed by atoms with E-state index in [2.05, 4.69) is 16.9 Å². The fourth-order valence-electron chi connectivity index (χ4n) is 1.20. The zero-order valence-corrected chi connectivity index (χ0v) is 10.4. The Labute approximate surface area is 95.1 Å². The Balaban J connectivity index is 2.21. The Kier molecular flexibility index (Phi) is 5.01. The van der Waals surface area contributed by atoms with Crippen LogP contribution < -0.4 is 5.73 Å². The summed E-state index contributed by atoms with van der Waals surface area (Å²) >= 11 is 1.48. The van der Waals surface area contributed by atoms with Gasteiger partial charge in [-0.25, -0.2) is 4.98 Å². The SMILES string of the molecule is CC(C)OCCN(C)Cc1csc(N)n1. The highest BCUT2D eigenvalue weighted by Crippen LogP contribution is 2.12. The van der Waals surface area contributed by atoms with E-state index in [1.165, 1.54) is 11.3 Å². The van der Waals surface area contributed by atoms with Crippen molar-refractivity contribution in [3.63, 3.8) is 0 Å². The van der Waals surface area contributed by atoms with E-state index < -0.39 is 0 Å². The fraction of sp³-hybridized carbons (Fsp3) is 0.700. The Morgan fingerprint density at radius 2 is 2.33 bits per heavy atom. The molecule has 86 valence electrons. The highest BCUT2D eigenvalue weighted by molar-refractivity contribution is 7.13. The molecule has 0 aliphatic rings. The molecule has 0 bridgehead atoms. The Morgan fingerprint density at radius 1 is 1.60 bits per heavy atom. The molecule has 0 atom stereocenters. The molecule has 0 aliphatic heterocycles. The summed E-state index contributed by atoms with van der Waals surface area (Å²) in [4.78, 5) is 6.39. The predicted molar refractivity (Wildman–Crippen MR) is 63.9 cm³/mol. The first kappa shape index (κ1) is 12.4. The Morgan fingerprint density at radius 3 is 2.87 bits per heavy atom. The first-order valence-electron chi connectivity index (χ1n) is 5.08. The number of anilines is 1. The van der Waals surface area contributed by atoms with Crippen molar-refractivity contribution in [3.05, 3.63) is 11.1 Å². The van der Waals surface area contributed by atoms with Gasteiger partial charge in [-0.05, 0) is 20.9 Å². The van der Waals surface area contributed by atoms with Crippen molar-refractivity contribution in [1.29, 1.82) is 0 Å². The maximum absolute atomic E-state index is 5.56. The van der Waals surface area contributed by atoms with Gasteiger partial charge in [0, 0.05) is 18.5 Å². The van der Waals surface area contributed by atoms with E-state index in [9.17, 15) is 0 Å². The van der Waals surface area contributed by atoms with Gasteiger partial charge in [-0.1, -0.05) is 0 Å². The minimum absolute atomic E-state index is 0.299. The van der Waals surface area contributed by atoms with Crippen molar-refractivity contribution in [2.24, 2.45) is 0 Å². The van der Waals surface area contributed by atoms with Crippen molar-refractivity contribution >= 4 is 16.5 Å². The van der Waals surface area contributed by atoms with Gasteiger partial charge in [0.1, 0.15) is 0 Å². The van der Waals surface area contributed by atoms with E-state index >= 15 is 0 Å². The van der Waals surface area contributed by atoms with E-state index in [0.29, 0.717) is 11.2 Å². The van der Waals surface area contributed by atoms with Crippen molar-refractivity contribution in [1.82, 2.24) is 9.88 Å². The molecule has 1 heterocycles. The number of nitrogens with two attached hydrogens (primary N) is 1. The van der Waals surface area contributed by atoms with Gasteiger partial charge < -0.3 is 10.5 Å². The van der Waals surface area contributed by atoms with Gasteiger partial charge in [0.05, 0.1) is 18.4 Å². The zero-order chi connectivity index (χ0) is 11.3. The highest BCUT2D eigenvalue weighted by Gasteiger charge is 2.04. The lowest BCUT2D eigenvalue weighted by molar-refractivity contribution is 0.0625. The first-order chi connectivity index (χ1) is 7.08. The standard InChI is InChI=1S/C10H19N3OS/c1-8(2)14-5-4-13(3)6-9-7-15-10(11)12-9/h7-8H,4-6H2,1-3H3,(H2,11,12). The quantitative estimate of drug-likeness (QED) is 0.804. The molecule has 1 aromatic heterocycles. The number of likely N-dealkylation sites (N-methyl/N-ethyl adjacent to an activating group) is 1. The van der Waals surface area contributed by atoms with Crippen LogP contribution in [0.4, 0.5) is 5.13 Å². The van der Waals surface area contributed by atoms with Crippen LogP contribution in [-0.4, -0.2) is 36.2 Å². The van der Waals surface area contributed by atoms with Crippen molar-refractivity contribution in [3.8, 4) is 0 Å². The van der Waals surface area contributed by atoms with Crippen molar-refractivity contribution in [2.45, 2.75) is 26.5 Å². The van der Waals surface area contributed by atoms with E-state index in [-0.39, 0.29) is 0 Å². The lowest BCUT2D eigenvalue weighted by Gasteiger charge is -2.16. The number of nitrogens with zero attached hydrogens (tertiary/aromatic N) is 2. The second kappa shape index (κ2) is 6.05. The maximum Gasteiger partial charge on any atom is 0.180 e. The predicted octanol–water partition coefficient (Wildman–Crippen LogP) is 1.58. The van der Waals surface area contributed by atoms with E-state index in [0.717, 1.165) is 25.4 Å². The van der Waals surface area contributed by atoms with Crippen molar-refractivity contribution in [2.75, 3.05) is 25.9 Å². The van der Waals surface area contributed by atoms with Crippen LogP contribution in [0.3, 0.4) is 0 Å². The minimum atomic E-state index is 0.299.